The Morgan fingerprint density at radius 1 is 1.13 bits per heavy atom. The third kappa shape index (κ3) is 3.09. The fourth-order valence-electron chi connectivity index (χ4n) is 5.74. The van der Waals surface area contributed by atoms with Crippen molar-refractivity contribution >= 4 is 16.8 Å². The normalized spacial score (nSPS) is 26.2. The number of nitrogens with zero attached hydrogens (tertiary/aromatic N) is 2. The number of carbonyl (C=O) groups is 1. The Balaban J connectivity index is 1.40. The topological polar surface area (TPSA) is 68.5 Å². The number of rotatable bonds is 5. The number of piperidine rings is 1. The zero-order valence-corrected chi connectivity index (χ0v) is 17.3. The van der Waals surface area contributed by atoms with E-state index >= 15 is 0 Å². The van der Waals surface area contributed by atoms with Gasteiger partial charge in [-0.05, 0) is 48.2 Å². The van der Waals surface area contributed by atoms with Gasteiger partial charge < -0.3 is 10.5 Å². The minimum atomic E-state index is -0.392. The molecule has 2 aliphatic rings. The lowest BCUT2D eigenvalue weighted by molar-refractivity contribution is -0.120. The standard InChI is InChI=1S/C25H27N3O2/c1-30-25(20-7-4-6-19(12-20)24(26)29)21-9-10-22(25)16-28(15-21)14-17-11-18-5-2-3-8-23(18)27-13-17/h2-8,11-13,21-22H,9-10,14-16H2,1H3,(H2,26,29). The number of fused-ring (bicyclic) bond motifs is 3. The smallest absolute Gasteiger partial charge is 0.248 e. The highest BCUT2D eigenvalue weighted by molar-refractivity contribution is 5.93. The molecule has 1 saturated heterocycles. The van der Waals surface area contributed by atoms with Crippen LogP contribution in [0.25, 0.3) is 10.9 Å². The Labute approximate surface area is 176 Å². The largest absolute Gasteiger partial charge is 0.373 e. The molecule has 0 radical (unpaired) electrons. The Morgan fingerprint density at radius 3 is 2.63 bits per heavy atom. The maximum atomic E-state index is 11.7. The van der Waals surface area contributed by atoms with Gasteiger partial charge in [-0.3, -0.25) is 14.7 Å². The summed E-state index contributed by atoms with van der Waals surface area (Å²) >= 11 is 0. The van der Waals surface area contributed by atoms with Gasteiger partial charge in [-0.25, -0.2) is 0 Å². The average molecular weight is 402 g/mol. The number of hydrogen-bond acceptors (Lipinski definition) is 4. The number of pyridine rings is 1. The molecule has 1 aliphatic heterocycles. The molecule has 2 heterocycles. The fraction of sp³-hybridized carbons (Fsp3) is 0.360. The lowest BCUT2D eigenvalue weighted by Crippen LogP contribution is -2.52. The quantitative estimate of drug-likeness (QED) is 0.708. The Bertz CT molecular complexity index is 1080. The molecule has 2 bridgehead atoms. The Kier molecular flexibility index (Phi) is 4.80. The highest BCUT2D eigenvalue weighted by Crippen LogP contribution is 2.53. The molecular formula is C25H27N3O2. The van der Waals surface area contributed by atoms with E-state index in [0.29, 0.717) is 17.4 Å². The number of ether oxygens (including phenoxy) is 1. The maximum absolute atomic E-state index is 11.7. The van der Waals surface area contributed by atoms with E-state index in [1.165, 1.54) is 10.9 Å². The highest BCUT2D eigenvalue weighted by Gasteiger charge is 2.55. The third-order valence-electron chi connectivity index (χ3n) is 7.02. The van der Waals surface area contributed by atoms with Crippen LogP contribution in [0.1, 0.15) is 34.3 Å². The van der Waals surface area contributed by atoms with Crippen molar-refractivity contribution in [3.8, 4) is 0 Å². The number of aromatic nitrogens is 1. The van der Waals surface area contributed by atoms with Crippen molar-refractivity contribution in [3.63, 3.8) is 0 Å². The van der Waals surface area contributed by atoms with Crippen molar-refractivity contribution in [2.75, 3.05) is 20.2 Å². The van der Waals surface area contributed by atoms with Crippen LogP contribution >= 0.6 is 0 Å². The monoisotopic (exact) mass is 401 g/mol. The number of carbonyl (C=O) groups excluding carboxylic acids is 1. The minimum Gasteiger partial charge on any atom is -0.373 e. The molecule has 2 aromatic carbocycles. The number of hydrogen-bond donors (Lipinski definition) is 1. The number of nitrogens with two attached hydrogens (primary N) is 1. The van der Waals surface area contributed by atoms with E-state index in [1.807, 2.05) is 37.6 Å². The fourth-order valence-corrected chi connectivity index (χ4v) is 5.74. The molecule has 1 aliphatic carbocycles. The predicted octanol–water partition coefficient (Wildman–Crippen LogP) is 3.72. The van der Waals surface area contributed by atoms with Crippen molar-refractivity contribution in [2.45, 2.75) is 25.0 Å². The average Bonchev–Trinajstić information content (AvgIpc) is 2.97. The number of para-hydroxylation sites is 1. The summed E-state index contributed by atoms with van der Waals surface area (Å²) in [6.07, 6.45) is 4.26. The summed E-state index contributed by atoms with van der Waals surface area (Å²) in [6, 6.07) is 18.2. The zero-order valence-electron chi connectivity index (χ0n) is 17.3. The van der Waals surface area contributed by atoms with Crippen molar-refractivity contribution in [3.05, 3.63) is 77.5 Å². The van der Waals surface area contributed by atoms with Gasteiger partial charge in [0.2, 0.25) is 5.91 Å². The molecule has 5 rings (SSSR count). The van der Waals surface area contributed by atoms with Crippen molar-refractivity contribution in [1.29, 1.82) is 0 Å². The van der Waals surface area contributed by atoms with E-state index in [9.17, 15) is 4.79 Å². The second-order valence-corrected chi connectivity index (χ2v) is 8.64. The first-order valence-corrected chi connectivity index (χ1v) is 10.6. The summed E-state index contributed by atoms with van der Waals surface area (Å²) in [5, 5.41) is 1.18. The van der Waals surface area contributed by atoms with Crippen LogP contribution in [0.3, 0.4) is 0 Å². The van der Waals surface area contributed by atoms with E-state index in [-0.39, 0.29) is 5.60 Å². The van der Waals surface area contributed by atoms with Crippen LogP contribution in [0, 0.1) is 11.8 Å². The van der Waals surface area contributed by atoms with Crippen LogP contribution in [0.5, 0.6) is 0 Å². The van der Waals surface area contributed by atoms with Gasteiger partial charge in [0.25, 0.3) is 0 Å². The van der Waals surface area contributed by atoms with Crippen molar-refractivity contribution < 1.29 is 9.53 Å². The second-order valence-electron chi connectivity index (χ2n) is 8.64. The maximum Gasteiger partial charge on any atom is 0.248 e. The first-order valence-electron chi connectivity index (χ1n) is 10.6. The Hall–Kier alpha value is -2.76. The van der Waals surface area contributed by atoms with Gasteiger partial charge in [-0.15, -0.1) is 0 Å². The molecule has 30 heavy (non-hydrogen) atoms. The van der Waals surface area contributed by atoms with Crippen molar-refractivity contribution in [1.82, 2.24) is 9.88 Å². The molecule has 2 N–H and O–H groups in total. The first-order chi connectivity index (χ1) is 14.6. The molecule has 5 heteroatoms. The summed E-state index contributed by atoms with van der Waals surface area (Å²) in [4.78, 5) is 18.9. The van der Waals surface area contributed by atoms with Gasteiger partial charge >= 0.3 is 0 Å². The van der Waals surface area contributed by atoms with E-state index in [2.05, 4.69) is 34.1 Å². The van der Waals surface area contributed by atoms with Crippen LogP contribution in [0.15, 0.2) is 60.8 Å². The highest BCUT2D eigenvalue weighted by atomic mass is 16.5. The molecule has 2 atom stereocenters. The van der Waals surface area contributed by atoms with Crippen LogP contribution in [-0.4, -0.2) is 36.0 Å². The van der Waals surface area contributed by atoms with Gasteiger partial charge in [0.15, 0.2) is 0 Å². The first kappa shape index (κ1) is 19.2. The van der Waals surface area contributed by atoms with Crippen LogP contribution in [0.4, 0.5) is 0 Å². The SMILES string of the molecule is COC1(c2cccc(C(N)=O)c2)C2CCC1CN(Cc1cnc3ccccc3c1)C2. The van der Waals surface area contributed by atoms with Gasteiger partial charge in [0.1, 0.15) is 5.60 Å². The summed E-state index contributed by atoms with van der Waals surface area (Å²) in [6.45, 7) is 2.84. The number of amides is 1. The molecule has 2 unspecified atom stereocenters. The van der Waals surface area contributed by atoms with Gasteiger partial charge in [-0.2, -0.15) is 0 Å². The molecule has 1 aromatic heterocycles. The lowest BCUT2D eigenvalue weighted by atomic mass is 9.74. The number of methoxy groups -OCH3 is 1. The number of benzene rings is 2. The molecule has 0 spiro atoms. The van der Waals surface area contributed by atoms with Crippen LogP contribution in [0.2, 0.25) is 0 Å². The molecule has 1 saturated carbocycles. The lowest BCUT2D eigenvalue weighted by Gasteiger charge is -2.47. The van der Waals surface area contributed by atoms with E-state index < -0.39 is 5.91 Å². The van der Waals surface area contributed by atoms with Crippen LogP contribution < -0.4 is 5.73 Å². The predicted molar refractivity (Wildman–Crippen MR) is 117 cm³/mol. The minimum absolute atomic E-state index is 0.344. The third-order valence-corrected chi connectivity index (χ3v) is 7.02. The number of likely N-dealkylation sites (tertiary alicyclic amines) is 1. The van der Waals surface area contributed by atoms with Gasteiger partial charge in [0.05, 0.1) is 5.52 Å². The van der Waals surface area contributed by atoms with E-state index in [0.717, 1.165) is 43.6 Å². The summed E-state index contributed by atoms with van der Waals surface area (Å²) in [5.41, 5.74) is 9.10. The summed E-state index contributed by atoms with van der Waals surface area (Å²) in [5.74, 6) is 0.382. The second kappa shape index (κ2) is 7.49. The molecule has 5 nitrogen and oxygen atoms in total. The van der Waals surface area contributed by atoms with Crippen LogP contribution in [-0.2, 0) is 16.9 Å². The van der Waals surface area contributed by atoms with Crippen molar-refractivity contribution in [2.24, 2.45) is 17.6 Å². The molecule has 2 fully saturated rings. The van der Waals surface area contributed by atoms with E-state index in [4.69, 9.17) is 10.5 Å². The Morgan fingerprint density at radius 2 is 1.90 bits per heavy atom. The molecule has 154 valence electrons. The van der Waals surface area contributed by atoms with Gasteiger partial charge in [0, 0.05) is 55.7 Å². The van der Waals surface area contributed by atoms with E-state index in [1.54, 1.807) is 6.07 Å². The molecule has 1 amide bonds. The zero-order chi connectivity index (χ0) is 20.7. The molecule has 3 aromatic rings. The molecular weight excluding hydrogens is 374 g/mol. The van der Waals surface area contributed by atoms with Gasteiger partial charge in [-0.1, -0.05) is 30.3 Å². The number of primary amides is 1. The summed E-state index contributed by atoms with van der Waals surface area (Å²) in [7, 11) is 1.81. The summed E-state index contributed by atoms with van der Waals surface area (Å²) < 4.78 is 6.25.